The standard InChI is InChI=1S/C11H12BrFN2O/c12-8-3-4-10(9(13)5-8)15-11(16)14-6-7-1-2-7/h3-5,7H,1-2,6H2,(H2,14,15,16). The van der Waals surface area contributed by atoms with E-state index in [2.05, 4.69) is 26.6 Å². The summed E-state index contributed by atoms with van der Waals surface area (Å²) in [5.74, 6) is 0.163. The van der Waals surface area contributed by atoms with Crippen LogP contribution in [0.1, 0.15) is 12.8 Å². The van der Waals surface area contributed by atoms with Crippen molar-refractivity contribution in [1.29, 1.82) is 0 Å². The molecular weight excluding hydrogens is 275 g/mol. The van der Waals surface area contributed by atoms with Crippen LogP contribution in [-0.2, 0) is 0 Å². The zero-order valence-corrected chi connectivity index (χ0v) is 10.2. The third-order valence-corrected chi connectivity index (χ3v) is 2.92. The highest BCUT2D eigenvalue weighted by atomic mass is 79.9. The second-order valence-corrected chi connectivity index (χ2v) is 4.82. The smallest absolute Gasteiger partial charge is 0.319 e. The maximum Gasteiger partial charge on any atom is 0.319 e. The molecule has 0 radical (unpaired) electrons. The van der Waals surface area contributed by atoms with E-state index >= 15 is 0 Å². The van der Waals surface area contributed by atoms with Crippen molar-refractivity contribution in [2.75, 3.05) is 11.9 Å². The number of halogens is 2. The Morgan fingerprint density at radius 2 is 2.25 bits per heavy atom. The number of urea groups is 1. The average molecular weight is 287 g/mol. The van der Waals surface area contributed by atoms with E-state index in [1.807, 2.05) is 0 Å². The lowest BCUT2D eigenvalue weighted by Crippen LogP contribution is -2.30. The average Bonchev–Trinajstić information content (AvgIpc) is 3.03. The molecule has 1 aromatic carbocycles. The van der Waals surface area contributed by atoms with Crippen molar-refractivity contribution in [3.63, 3.8) is 0 Å². The second kappa shape index (κ2) is 4.82. The van der Waals surface area contributed by atoms with Gasteiger partial charge in [-0.05, 0) is 37.0 Å². The van der Waals surface area contributed by atoms with Gasteiger partial charge in [0.05, 0.1) is 5.69 Å². The van der Waals surface area contributed by atoms with Crippen LogP contribution in [0.3, 0.4) is 0 Å². The Labute approximate surface area is 102 Å². The van der Waals surface area contributed by atoms with Crippen LogP contribution in [0.4, 0.5) is 14.9 Å². The minimum absolute atomic E-state index is 0.191. The molecule has 0 aromatic heterocycles. The highest BCUT2D eigenvalue weighted by molar-refractivity contribution is 9.10. The first kappa shape index (κ1) is 11.4. The number of carbonyl (C=O) groups excluding carboxylic acids is 1. The molecule has 5 heteroatoms. The van der Waals surface area contributed by atoms with Gasteiger partial charge in [-0.2, -0.15) is 0 Å². The predicted octanol–water partition coefficient (Wildman–Crippen LogP) is 3.12. The van der Waals surface area contributed by atoms with E-state index in [9.17, 15) is 9.18 Å². The van der Waals surface area contributed by atoms with Gasteiger partial charge in [0.2, 0.25) is 0 Å². The van der Waals surface area contributed by atoms with Gasteiger partial charge in [-0.1, -0.05) is 15.9 Å². The largest absolute Gasteiger partial charge is 0.338 e. The number of hydrogen-bond acceptors (Lipinski definition) is 1. The van der Waals surface area contributed by atoms with Crippen LogP contribution in [-0.4, -0.2) is 12.6 Å². The van der Waals surface area contributed by atoms with E-state index < -0.39 is 5.82 Å². The van der Waals surface area contributed by atoms with Crippen LogP contribution >= 0.6 is 15.9 Å². The lowest BCUT2D eigenvalue weighted by Gasteiger charge is -2.07. The quantitative estimate of drug-likeness (QED) is 0.881. The fourth-order valence-corrected chi connectivity index (χ4v) is 1.65. The maximum atomic E-state index is 13.3. The van der Waals surface area contributed by atoms with E-state index in [0.717, 1.165) is 0 Å². The molecule has 1 aliphatic carbocycles. The summed E-state index contributed by atoms with van der Waals surface area (Å²) >= 11 is 3.15. The number of hydrogen-bond donors (Lipinski definition) is 2. The van der Waals surface area contributed by atoms with Crippen molar-refractivity contribution in [2.24, 2.45) is 5.92 Å². The molecule has 2 N–H and O–H groups in total. The van der Waals surface area contributed by atoms with Crippen LogP contribution in [0.15, 0.2) is 22.7 Å². The highest BCUT2D eigenvalue weighted by Crippen LogP contribution is 2.27. The van der Waals surface area contributed by atoms with E-state index in [-0.39, 0.29) is 11.7 Å². The zero-order chi connectivity index (χ0) is 11.5. The Hall–Kier alpha value is -1.10. The number of anilines is 1. The Morgan fingerprint density at radius 1 is 1.50 bits per heavy atom. The number of amides is 2. The lowest BCUT2D eigenvalue weighted by atomic mass is 10.3. The Bertz CT molecular complexity index is 407. The normalized spacial score (nSPS) is 14.6. The van der Waals surface area contributed by atoms with Crippen molar-refractivity contribution in [2.45, 2.75) is 12.8 Å². The van der Waals surface area contributed by atoms with Gasteiger partial charge in [-0.15, -0.1) is 0 Å². The van der Waals surface area contributed by atoms with Gasteiger partial charge < -0.3 is 10.6 Å². The molecule has 0 aliphatic heterocycles. The first-order valence-electron chi connectivity index (χ1n) is 5.15. The molecule has 86 valence electrons. The van der Waals surface area contributed by atoms with Gasteiger partial charge in [0, 0.05) is 11.0 Å². The molecule has 0 bridgehead atoms. The van der Waals surface area contributed by atoms with E-state index in [4.69, 9.17) is 0 Å². The third kappa shape index (κ3) is 3.20. The molecule has 1 saturated carbocycles. The number of nitrogens with one attached hydrogen (secondary N) is 2. The summed E-state index contributed by atoms with van der Waals surface area (Å²) < 4.78 is 14.0. The van der Waals surface area contributed by atoms with Crippen molar-refractivity contribution < 1.29 is 9.18 Å². The monoisotopic (exact) mass is 286 g/mol. The van der Waals surface area contributed by atoms with Crippen molar-refractivity contribution in [3.05, 3.63) is 28.5 Å². The summed E-state index contributed by atoms with van der Waals surface area (Å²) in [4.78, 5) is 11.4. The van der Waals surface area contributed by atoms with Gasteiger partial charge in [0.25, 0.3) is 0 Å². The molecule has 2 amide bonds. The minimum atomic E-state index is -0.448. The fraction of sp³-hybridized carbons (Fsp3) is 0.364. The molecule has 0 atom stereocenters. The van der Waals surface area contributed by atoms with Crippen LogP contribution < -0.4 is 10.6 Å². The summed E-state index contributed by atoms with van der Waals surface area (Å²) in [6.45, 7) is 0.671. The number of rotatable bonds is 3. The zero-order valence-electron chi connectivity index (χ0n) is 8.59. The van der Waals surface area contributed by atoms with E-state index in [1.165, 1.54) is 25.0 Å². The molecular formula is C11H12BrFN2O. The third-order valence-electron chi connectivity index (χ3n) is 2.43. The molecule has 0 saturated heterocycles. The summed E-state index contributed by atoms with van der Waals surface area (Å²) in [5.41, 5.74) is 0.191. The van der Waals surface area contributed by atoms with Crippen LogP contribution in [0.2, 0.25) is 0 Å². The molecule has 2 rings (SSSR count). The molecule has 1 aromatic rings. The van der Waals surface area contributed by atoms with Crippen molar-refractivity contribution in [1.82, 2.24) is 5.32 Å². The maximum absolute atomic E-state index is 13.3. The Kier molecular flexibility index (Phi) is 3.43. The summed E-state index contributed by atoms with van der Waals surface area (Å²) in [5, 5.41) is 5.18. The molecule has 3 nitrogen and oxygen atoms in total. The molecule has 1 aliphatic rings. The molecule has 0 spiro atoms. The van der Waals surface area contributed by atoms with Gasteiger partial charge in [-0.25, -0.2) is 9.18 Å². The Balaban J connectivity index is 1.89. The van der Waals surface area contributed by atoms with Gasteiger partial charge >= 0.3 is 6.03 Å². The lowest BCUT2D eigenvalue weighted by molar-refractivity contribution is 0.251. The van der Waals surface area contributed by atoms with Crippen LogP contribution in [0.25, 0.3) is 0 Å². The SMILES string of the molecule is O=C(NCC1CC1)Nc1ccc(Br)cc1F. The number of carbonyl (C=O) groups is 1. The summed E-state index contributed by atoms with van der Waals surface area (Å²) in [6.07, 6.45) is 2.35. The molecule has 16 heavy (non-hydrogen) atoms. The van der Waals surface area contributed by atoms with E-state index in [0.29, 0.717) is 16.9 Å². The topological polar surface area (TPSA) is 41.1 Å². The van der Waals surface area contributed by atoms with E-state index in [1.54, 1.807) is 6.07 Å². The number of benzene rings is 1. The molecule has 0 unspecified atom stereocenters. The summed E-state index contributed by atoms with van der Waals surface area (Å²) in [7, 11) is 0. The second-order valence-electron chi connectivity index (χ2n) is 3.90. The van der Waals surface area contributed by atoms with Gasteiger partial charge in [0.1, 0.15) is 5.82 Å². The molecule has 1 fully saturated rings. The van der Waals surface area contributed by atoms with Gasteiger partial charge in [-0.3, -0.25) is 0 Å². The molecule has 0 heterocycles. The van der Waals surface area contributed by atoms with Gasteiger partial charge in [0.15, 0.2) is 0 Å². The highest BCUT2D eigenvalue weighted by Gasteiger charge is 2.21. The fourth-order valence-electron chi connectivity index (χ4n) is 1.32. The van der Waals surface area contributed by atoms with Crippen LogP contribution in [0.5, 0.6) is 0 Å². The minimum Gasteiger partial charge on any atom is -0.338 e. The summed E-state index contributed by atoms with van der Waals surface area (Å²) in [6, 6.07) is 4.17. The van der Waals surface area contributed by atoms with Crippen molar-refractivity contribution >= 4 is 27.6 Å². The van der Waals surface area contributed by atoms with Crippen molar-refractivity contribution in [3.8, 4) is 0 Å². The first-order chi connectivity index (χ1) is 7.65. The Morgan fingerprint density at radius 3 is 2.88 bits per heavy atom. The first-order valence-corrected chi connectivity index (χ1v) is 5.94. The van der Waals surface area contributed by atoms with Crippen LogP contribution in [0, 0.1) is 11.7 Å². The predicted molar refractivity (Wildman–Crippen MR) is 63.8 cm³/mol.